The first-order valence-electron chi connectivity index (χ1n) is 6.42. The molecule has 0 spiro atoms. The minimum Gasteiger partial charge on any atom is -0.396 e. The summed E-state index contributed by atoms with van der Waals surface area (Å²) in [5.74, 6) is 0. The van der Waals surface area contributed by atoms with Gasteiger partial charge in [0.25, 0.3) is 0 Å². The molecule has 1 aliphatic heterocycles. The molecule has 0 aliphatic carbocycles. The van der Waals surface area contributed by atoms with E-state index in [1.54, 1.807) is 0 Å². The number of aliphatic hydroxyl groups excluding tert-OH is 1. The molecule has 0 radical (unpaired) electrons. The standard InChI is InChI=1S/C13H26N2O/c1-12(2)4-8-15-9-5-13(6-10-15)14-7-3-11-16/h4,13-14,16H,3,5-11H2,1-2H3. The molecule has 1 aliphatic rings. The maximum Gasteiger partial charge on any atom is 0.0443 e. The Balaban J connectivity index is 2.11. The summed E-state index contributed by atoms with van der Waals surface area (Å²) < 4.78 is 0. The van der Waals surface area contributed by atoms with Gasteiger partial charge in [-0.2, -0.15) is 0 Å². The van der Waals surface area contributed by atoms with Gasteiger partial charge in [-0.3, -0.25) is 4.90 Å². The van der Waals surface area contributed by atoms with Gasteiger partial charge in [0, 0.05) is 19.2 Å². The summed E-state index contributed by atoms with van der Waals surface area (Å²) in [7, 11) is 0. The van der Waals surface area contributed by atoms with Crippen LogP contribution in [-0.4, -0.2) is 48.8 Å². The second-order valence-corrected chi connectivity index (χ2v) is 4.89. The van der Waals surface area contributed by atoms with Crippen LogP contribution in [0.5, 0.6) is 0 Å². The van der Waals surface area contributed by atoms with Crippen LogP contribution in [0.15, 0.2) is 11.6 Å². The number of allylic oxidation sites excluding steroid dienone is 1. The number of rotatable bonds is 6. The smallest absolute Gasteiger partial charge is 0.0443 e. The second-order valence-electron chi connectivity index (χ2n) is 4.89. The zero-order valence-electron chi connectivity index (χ0n) is 10.7. The van der Waals surface area contributed by atoms with Gasteiger partial charge in [0.2, 0.25) is 0 Å². The van der Waals surface area contributed by atoms with E-state index in [9.17, 15) is 0 Å². The van der Waals surface area contributed by atoms with Gasteiger partial charge >= 0.3 is 0 Å². The van der Waals surface area contributed by atoms with Crippen LogP contribution in [0, 0.1) is 0 Å². The van der Waals surface area contributed by atoms with Crippen molar-refractivity contribution in [3.63, 3.8) is 0 Å². The maximum absolute atomic E-state index is 8.71. The van der Waals surface area contributed by atoms with Crippen molar-refractivity contribution in [2.24, 2.45) is 0 Å². The quantitative estimate of drug-likeness (QED) is 0.531. The van der Waals surface area contributed by atoms with E-state index in [-0.39, 0.29) is 0 Å². The van der Waals surface area contributed by atoms with Gasteiger partial charge in [0.05, 0.1) is 0 Å². The average Bonchev–Trinajstić information content (AvgIpc) is 2.28. The van der Waals surface area contributed by atoms with E-state index in [4.69, 9.17) is 5.11 Å². The van der Waals surface area contributed by atoms with E-state index >= 15 is 0 Å². The molecular weight excluding hydrogens is 200 g/mol. The van der Waals surface area contributed by atoms with Crippen molar-refractivity contribution in [1.82, 2.24) is 10.2 Å². The highest BCUT2D eigenvalue weighted by molar-refractivity contribution is 4.95. The third-order valence-corrected chi connectivity index (χ3v) is 3.11. The van der Waals surface area contributed by atoms with Crippen LogP contribution >= 0.6 is 0 Å². The van der Waals surface area contributed by atoms with Crippen molar-refractivity contribution in [3.05, 3.63) is 11.6 Å². The predicted octanol–water partition coefficient (Wildman–Crippen LogP) is 1.39. The van der Waals surface area contributed by atoms with Crippen LogP contribution in [-0.2, 0) is 0 Å². The summed E-state index contributed by atoms with van der Waals surface area (Å²) in [4.78, 5) is 2.51. The Bertz CT molecular complexity index is 204. The summed E-state index contributed by atoms with van der Waals surface area (Å²) in [5.41, 5.74) is 1.41. The highest BCUT2D eigenvalue weighted by Crippen LogP contribution is 2.10. The molecule has 0 bridgehead atoms. The lowest BCUT2D eigenvalue weighted by Crippen LogP contribution is -2.42. The lowest BCUT2D eigenvalue weighted by molar-refractivity contribution is 0.211. The molecule has 0 aromatic carbocycles. The Morgan fingerprint density at radius 1 is 1.38 bits per heavy atom. The van der Waals surface area contributed by atoms with Gasteiger partial charge in [0.15, 0.2) is 0 Å². The van der Waals surface area contributed by atoms with Gasteiger partial charge in [-0.1, -0.05) is 11.6 Å². The zero-order chi connectivity index (χ0) is 11.8. The summed E-state index contributed by atoms with van der Waals surface area (Å²) in [6.07, 6.45) is 5.65. The molecule has 16 heavy (non-hydrogen) atoms. The Kier molecular flexibility index (Phi) is 6.69. The van der Waals surface area contributed by atoms with E-state index in [0.717, 1.165) is 19.5 Å². The highest BCUT2D eigenvalue weighted by atomic mass is 16.3. The summed E-state index contributed by atoms with van der Waals surface area (Å²) in [6.45, 7) is 9.06. The number of hydrogen-bond donors (Lipinski definition) is 2. The van der Waals surface area contributed by atoms with Crippen molar-refractivity contribution in [3.8, 4) is 0 Å². The number of piperidine rings is 1. The summed E-state index contributed by atoms with van der Waals surface area (Å²) >= 11 is 0. The predicted molar refractivity (Wildman–Crippen MR) is 68.6 cm³/mol. The normalized spacial score (nSPS) is 18.7. The molecule has 0 atom stereocenters. The second kappa shape index (κ2) is 7.82. The van der Waals surface area contributed by atoms with Gasteiger partial charge in [-0.05, 0) is 52.7 Å². The minimum absolute atomic E-state index is 0.298. The Labute approximate surface area is 99.5 Å². The minimum atomic E-state index is 0.298. The van der Waals surface area contributed by atoms with Crippen LogP contribution in [0.1, 0.15) is 33.1 Å². The zero-order valence-corrected chi connectivity index (χ0v) is 10.7. The molecule has 1 saturated heterocycles. The molecule has 3 heteroatoms. The Morgan fingerprint density at radius 3 is 2.62 bits per heavy atom. The van der Waals surface area contributed by atoms with Crippen molar-refractivity contribution < 1.29 is 5.11 Å². The first-order valence-corrected chi connectivity index (χ1v) is 6.42. The van der Waals surface area contributed by atoms with Gasteiger partial charge in [-0.25, -0.2) is 0 Å². The van der Waals surface area contributed by atoms with Crippen LogP contribution in [0.25, 0.3) is 0 Å². The van der Waals surface area contributed by atoms with Crippen molar-refractivity contribution >= 4 is 0 Å². The molecule has 1 fully saturated rings. The van der Waals surface area contributed by atoms with Gasteiger partial charge < -0.3 is 10.4 Å². The molecule has 0 unspecified atom stereocenters. The number of nitrogens with zero attached hydrogens (tertiary/aromatic N) is 1. The molecule has 2 N–H and O–H groups in total. The van der Waals surface area contributed by atoms with Crippen LogP contribution in [0.2, 0.25) is 0 Å². The molecule has 0 amide bonds. The molecule has 0 saturated carbocycles. The largest absolute Gasteiger partial charge is 0.396 e. The maximum atomic E-state index is 8.71. The molecule has 94 valence electrons. The molecular formula is C13H26N2O. The van der Waals surface area contributed by atoms with E-state index < -0.39 is 0 Å². The Morgan fingerprint density at radius 2 is 2.06 bits per heavy atom. The fraction of sp³-hybridized carbons (Fsp3) is 0.846. The summed E-state index contributed by atoms with van der Waals surface area (Å²) in [5, 5.41) is 12.2. The van der Waals surface area contributed by atoms with Crippen LogP contribution in [0.4, 0.5) is 0 Å². The average molecular weight is 226 g/mol. The monoisotopic (exact) mass is 226 g/mol. The molecule has 0 aromatic heterocycles. The Hall–Kier alpha value is -0.380. The first-order chi connectivity index (χ1) is 7.72. The molecule has 1 rings (SSSR count). The third kappa shape index (κ3) is 5.64. The number of aliphatic hydroxyl groups is 1. The topological polar surface area (TPSA) is 35.5 Å². The molecule has 3 nitrogen and oxygen atoms in total. The van der Waals surface area contributed by atoms with Crippen molar-refractivity contribution in [1.29, 1.82) is 0 Å². The van der Waals surface area contributed by atoms with E-state index in [0.29, 0.717) is 12.6 Å². The first kappa shape index (κ1) is 13.7. The lowest BCUT2D eigenvalue weighted by atomic mass is 10.0. The SMILES string of the molecule is CC(C)=CCN1CCC(NCCCO)CC1. The van der Waals surface area contributed by atoms with Gasteiger partial charge in [-0.15, -0.1) is 0 Å². The fourth-order valence-electron chi connectivity index (χ4n) is 2.02. The molecule has 0 aromatic rings. The van der Waals surface area contributed by atoms with E-state index in [2.05, 4.69) is 30.1 Å². The lowest BCUT2D eigenvalue weighted by Gasteiger charge is -2.31. The highest BCUT2D eigenvalue weighted by Gasteiger charge is 2.17. The van der Waals surface area contributed by atoms with Crippen molar-refractivity contribution in [2.75, 3.05) is 32.8 Å². The molecule has 1 heterocycles. The van der Waals surface area contributed by atoms with Crippen LogP contribution in [0.3, 0.4) is 0 Å². The van der Waals surface area contributed by atoms with Crippen molar-refractivity contribution in [2.45, 2.75) is 39.2 Å². The number of nitrogens with one attached hydrogen (secondary N) is 1. The fourth-order valence-corrected chi connectivity index (χ4v) is 2.02. The third-order valence-electron chi connectivity index (χ3n) is 3.11. The van der Waals surface area contributed by atoms with E-state index in [1.807, 2.05) is 0 Å². The number of likely N-dealkylation sites (tertiary alicyclic amines) is 1. The van der Waals surface area contributed by atoms with Crippen LogP contribution < -0.4 is 5.32 Å². The van der Waals surface area contributed by atoms with Gasteiger partial charge in [0.1, 0.15) is 0 Å². The summed E-state index contributed by atoms with van der Waals surface area (Å²) in [6, 6.07) is 0.662. The number of hydrogen-bond acceptors (Lipinski definition) is 3. The van der Waals surface area contributed by atoms with E-state index in [1.165, 1.54) is 31.5 Å².